The zero-order valence-corrected chi connectivity index (χ0v) is 20.7. The van der Waals surface area contributed by atoms with Gasteiger partial charge in [0.1, 0.15) is 28.8 Å². The Bertz CT molecular complexity index is 827. The second-order valence-corrected chi connectivity index (χ2v) is 8.93. The largest absolute Gasteiger partial charge is 0.467 e. The van der Waals surface area contributed by atoms with E-state index in [1.54, 1.807) is 20.8 Å². The van der Waals surface area contributed by atoms with Crippen LogP contribution in [0.5, 0.6) is 0 Å². The van der Waals surface area contributed by atoms with E-state index < -0.39 is 52.6 Å². The average molecular weight is 502 g/mol. The van der Waals surface area contributed by atoms with Crippen LogP contribution < -0.4 is 21.7 Å². The highest BCUT2D eigenvalue weighted by molar-refractivity contribution is 5.93. The molecule has 3 atom stereocenters. The van der Waals surface area contributed by atoms with Crippen molar-refractivity contribution in [2.24, 2.45) is 10.8 Å². The van der Waals surface area contributed by atoms with Crippen molar-refractivity contribution in [2.45, 2.75) is 77.1 Å². The molecule has 35 heavy (non-hydrogen) atoms. The molecule has 0 aromatic rings. The van der Waals surface area contributed by atoms with Gasteiger partial charge in [-0.3, -0.25) is 9.59 Å². The number of carbonyl (C=O) groups excluding carboxylic acids is 4. The number of hydrazone groups is 1. The standard InChI is InChI=1S/C20H35N7O8/c1-12(26-11-7-9-13(16(26)29)24-19(31)35-20(2,3)4)15(28)23-14(17(30)34-5)8-6-10-22-18(21)25-27(32)33/h12-14H,6-11H2,1-5H3,(H,23,28)(H,24,31)(H3,21,22,25)/t12?,13-,14-/m0/s1. The predicted octanol–water partition coefficient (Wildman–Crippen LogP) is -0.575. The normalized spacial score (nSPS) is 18.2. The van der Waals surface area contributed by atoms with Crippen molar-refractivity contribution in [3.05, 3.63) is 10.1 Å². The van der Waals surface area contributed by atoms with Crippen LogP contribution in [0.4, 0.5) is 4.79 Å². The van der Waals surface area contributed by atoms with Gasteiger partial charge in [-0.15, -0.1) is 0 Å². The highest BCUT2D eigenvalue weighted by atomic mass is 16.7. The fourth-order valence-corrected chi connectivity index (χ4v) is 3.34. The van der Waals surface area contributed by atoms with Gasteiger partial charge in [-0.05, 0) is 53.4 Å². The molecule has 0 bridgehead atoms. The first-order valence-electron chi connectivity index (χ1n) is 11.2. The Morgan fingerprint density at radius 3 is 2.57 bits per heavy atom. The number of methoxy groups -OCH3 is 1. The molecular formula is C20H35N7O8. The Morgan fingerprint density at radius 1 is 1.34 bits per heavy atom. The quantitative estimate of drug-likeness (QED) is 0.0748. The van der Waals surface area contributed by atoms with Crippen LogP contribution in [0.1, 0.15) is 53.4 Å². The number of nitrogens with one attached hydrogen (secondary N) is 3. The monoisotopic (exact) mass is 501 g/mol. The maximum absolute atomic E-state index is 12.9. The molecule has 1 heterocycles. The maximum Gasteiger partial charge on any atom is 0.408 e. The van der Waals surface area contributed by atoms with Crippen LogP contribution in [0.25, 0.3) is 0 Å². The molecule has 1 aliphatic rings. The number of nitro groups is 1. The summed E-state index contributed by atoms with van der Waals surface area (Å²) in [5.41, 5.74) is 4.61. The molecule has 15 heteroatoms. The van der Waals surface area contributed by atoms with E-state index in [1.165, 1.54) is 18.9 Å². The Kier molecular flexibility index (Phi) is 11.2. The number of rotatable bonds is 10. The lowest BCUT2D eigenvalue weighted by molar-refractivity contribution is -0.485. The molecule has 1 aliphatic heterocycles. The van der Waals surface area contributed by atoms with Crippen molar-refractivity contribution in [3.63, 3.8) is 0 Å². The smallest absolute Gasteiger partial charge is 0.408 e. The molecule has 1 rings (SSSR count). The van der Waals surface area contributed by atoms with E-state index in [0.717, 1.165) is 0 Å². The van der Waals surface area contributed by atoms with E-state index in [9.17, 15) is 29.3 Å². The summed E-state index contributed by atoms with van der Waals surface area (Å²) in [6, 6.07) is -2.76. The lowest BCUT2D eigenvalue weighted by atomic mass is 10.0. The highest BCUT2D eigenvalue weighted by Crippen LogP contribution is 2.16. The second-order valence-electron chi connectivity index (χ2n) is 8.93. The third-order valence-corrected chi connectivity index (χ3v) is 4.98. The van der Waals surface area contributed by atoms with Crippen LogP contribution >= 0.6 is 0 Å². The molecule has 0 aromatic carbocycles. The van der Waals surface area contributed by atoms with Crippen LogP contribution in [0.2, 0.25) is 0 Å². The number of likely N-dealkylation sites (tertiary alicyclic amines) is 1. The van der Waals surface area contributed by atoms with Gasteiger partial charge in [-0.25, -0.2) is 19.7 Å². The lowest BCUT2D eigenvalue weighted by Crippen LogP contribution is -2.59. The number of nitrogens with zero attached hydrogens (tertiary/aromatic N) is 3. The number of hydrogen-bond acceptors (Lipinski definition) is 8. The second kappa shape index (κ2) is 13.3. The van der Waals surface area contributed by atoms with Crippen molar-refractivity contribution in [3.8, 4) is 0 Å². The van der Waals surface area contributed by atoms with Gasteiger partial charge >= 0.3 is 12.1 Å². The minimum Gasteiger partial charge on any atom is -0.467 e. The molecule has 198 valence electrons. The zero-order chi connectivity index (χ0) is 26.8. The molecule has 0 aliphatic carbocycles. The summed E-state index contributed by atoms with van der Waals surface area (Å²) in [6.45, 7) is 7.10. The Balaban J connectivity index is 2.71. The molecular weight excluding hydrogens is 466 g/mol. The SMILES string of the molecule is COC(=O)[C@H](CCCN/C(N)=N/[N+](=O)[O-])NC(=O)C(C)N1CCC[C@H](NC(=O)OC(C)(C)C)C1=O. The van der Waals surface area contributed by atoms with Crippen molar-refractivity contribution >= 4 is 29.8 Å². The fourth-order valence-electron chi connectivity index (χ4n) is 3.34. The van der Waals surface area contributed by atoms with E-state index in [0.29, 0.717) is 25.8 Å². The highest BCUT2D eigenvalue weighted by Gasteiger charge is 2.36. The molecule has 3 amide bonds. The van der Waals surface area contributed by atoms with Crippen LogP contribution in [0.3, 0.4) is 0 Å². The molecule has 1 fully saturated rings. The van der Waals surface area contributed by atoms with Crippen LogP contribution in [0, 0.1) is 10.1 Å². The van der Waals surface area contributed by atoms with E-state index in [1.807, 2.05) is 0 Å². The van der Waals surface area contributed by atoms with Crippen molar-refractivity contribution in [1.29, 1.82) is 0 Å². The van der Waals surface area contributed by atoms with E-state index >= 15 is 0 Å². The Labute approximate surface area is 203 Å². The number of hydrogen-bond donors (Lipinski definition) is 4. The lowest BCUT2D eigenvalue weighted by Gasteiger charge is -2.36. The molecule has 0 saturated carbocycles. The molecule has 15 nitrogen and oxygen atoms in total. The van der Waals surface area contributed by atoms with Crippen molar-refractivity contribution < 1.29 is 33.7 Å². The van der Waals surface area contributed by atoms with Gasteiger partial charge in [-0.2, -0.15) is 0 Å². The van der Waals surface area contributed by atoms with Crippen molar-refractivity contribution in [2.75, 3.05) is 20.2 Å². The Morgan fingerprint density at radius 2 is 2.00 bits per heavy atom. The number of alkyl carbamates (subject to hydrolysis) is 1. The van der Waals surface area contributed by atoms with Crippen LogP contribution in [-0.4, -0.2) is 83.7 Å². The number of guanidine groups is 1. The number of piperidine rings is 1. The number of amides is 3. The number of nitrogens with two attached hydrogens (primary N) is 1. The third kappa shape index (κ3) is 10.4. The summed E-state index contributed by atoms with van der Waals surface area (Å²) in [6.07, 6.45) is 0.679. The van der Waals surface area contributed by atoms with Crippen LogP contribution in [0.15, 0.2) is 5.10 Å². The summed E-state index contributed by atoms with van der Waals surface area (Å²) in [5, 5.41) is 19.9. The molecule has 1 saturated heterocycles. The minimum absolute atomic E-state index is 0.140. The third-order valence-electron chi connectivity index (χ3n) is 4.98. The minimum atomic E-state index is -1.01. The van der Waals surface area contributed by atoms with Gasteiger partial charge in [0.2, 0.25) is 11.8 Å². The van der Waals surface area contributed by atoms with Crippen molar-refractivity contribution in [1.82, 2.24) is 20.9 Å². The maximum atomic E-state index is 12.9. The number of esters is 1. The topological polar surface area (TPSA) is 208 Å². The molecule has 0 spiro atoms. The predicted molar refractivity (Wildman–Crippen MR) is 123 cm³/mol. The number of carbonyl (C=O) groups is 4. The first kappa shape index (κ1) is 29.4. The van der Waals surface area contributed by atoms with E-state index in [2.05, 4.69) is 21.1 Å². The summed E-state index contributed by atoms with van der Waals surface area (Å²) in [5.74, 6) is -2.08. The summed E-state index contributed by atoms with van der Waals surface area (Å²) in [7, 11) is 1.17. The molecule has 5 N–H and O–H groups in total. The molecule has 0 aromatic heterocycles. The molecule has 0 radical (unpaired) electrons. The summed E-state index contributed by atoms with van der Waals surface area (Å²) < 4.78 is 9.94. The Hall–Kier alpha value is -3.65. The van der Waals surface area contributed by atoms with Gasteiger partial charge in [0.25, 0.3) is 5.96 Å². The van der Waals surface area contributed by atoms with Gasteiger partial charge < -0.3 is 36.1 Å². The van der Waals surface area contributed by atoms with E-state index in [4.69, 9.17) is 15.2 Å². The summed E-state index contributed by atoms with van der Waals surface area (Å²) in [4.78, 5) is 61.6. The number of ether oxygens (including phenoxy) is 2. The zero-order valence-electron chi connectivity index (χ0n) is 20.7. The molecule has 1 unspecified atom stereocenters. The fraction of sp³-hybridized carbons (Fsp3) is 0.750. The first-order valence-corrected chi connectivity index (χ1v) is 11.2. The van der Waals surface area contributed by atoms with Gasteiger partial charge in [-0.1, -0.05) is 0 Å². The van der Waals surface area contributed by atoms with E-state index in [-0.39, 0.29) is 18.9 Å². The van der Waals surface area contributed by atoms with Gasteiger partial charge in [0.15, 0.2) is 5.03 Å². The summed E-state index contributed by atoms with van der Waals surface area (Å²) >= 11 is 0. The average Bonchev–Trinajstić information content (AvgIpc) is 2.74. The first-order chi connectivity index (χ1) is 16.2. The van der Waals surface area contributed by atoms with Gasteiger partial charge in [0, 0.05) is 13.1 Å². The van der Waals surface area contributed by atoms with Gasteiger partial charge in [0.05, 0.1) is 7.11 Å². The van der Waals surface area contributed by atoms with Crippen LogP contribution in [-0.2, 0) is 23.9 Å².